The summed E-state index contributed by atoms with van der Waals surface area (Å²) >= 11 is 0. The number of anilines is 1. The van der Waals surface area contributed by atoms with Crippen molar-refractivity contribution in [2.24, 2.45) is 0 Å². The van der Waals surface area contributed by atoms with Gasteiger partial charge in [-0.15, -0.1) is 0 Å². The number of carbonyl (C=O) groups is 1. The fraction of sp³-hybridized carbons (Fsp3) is 0.438. The van der Waals surface area contributed by atoms with E-state index in [0.29, 0.717) is 13.2 Å². The molecule has 108 valence electrons. The molecule has 0 aromatic heterocycles. The first kappa shape index (κ1) is 14.4. The van der Waals surface area contributed by atoms with E-state index in [1.807, 2.05) is 29.2 Å². The van der Waals surface area contributed by atoms with Gasteiger partial charge in [-0.05, 0) is 31.4 Å². The van der Waals surface area contributed by atoms with Crippen molar-refractivity contribution in [3.63, 3.8) is 0 Å². The average molecular weight is 274 g/mol. The Morgan fingerprint density at radius 2 is 2.05 bits per heavy atom. The van der Waals surface area contributed by atoms with Gasteiger partial charge in [0.2, 0.25) is 5.91 Å². The standard InChI is InChI=1S/C16H22N2O2/c1-2-12-20-15-9-5-4-8-14(15)17-13-16(19)18-10-6-3-7-11-18/h2,4-5,8-9,17H,1,3,6-7,10-13H2. The summed E-state index contributed by atoms with van der Waals surface area (Å²) in [5.41, 5.74) is 0.847. The van der Waals surface area contributed by atoms with Crippen molar-refractivity contribution < 1.29 is 9.53 Å². The highest BCUT2D eigenvalue weighted by Gasteiger charge is 2.16. The molecule has 1 N–H and O–H groups in total. The van der Waals surface area contributed by atoms with E-state index in [0.717, 1.165) is 37.4 Å². The lowest BCUT2D eigenvalue weighted by atomic mass is 10.1. The Morgan fingerprint density at radius 1 is 1.30 bits per heavy atom. The number of piperidine rings is 1. The monoisotopic (exact) mass is 274 g/mol. The number of nitrogens with one attached hydrogen (secondary N) is 1. The number of rotatable bonds is 6. The minimum Gasteiger partial charge on any atom is -0.487 e. The van der Waals surface area contributed by atoms with Crippen LogP contribution in [0, 0.1) is 0 Å². The van der Waals surface area contributed by atoms with E-state index < -0.39 is 0 Å². The Labute approximate surface area is 120 Å². The molecular weight excluding hydrogens is 252 g/mol. The SMILES string of the molecule is C=CCOc1ccccc1NCC(=O)N1CCCCC1. The van der Waals surface area contributed by atoms with Crippen molar-refractivity contribution >= 4 is 11.6 Å². The lowest BCUT2D eigenvalue weighted by Gasteiger charge is -2.27. The first-order valence-electron chi connectivity index (χ1n) is 7.15. The van der Waals surface area contributed by atoms with Crippen LogP contribution in [0.4, 0.5) is 5.69 Å². The maximum Gasteiger partial charge on any atom is 0.241 e. The number of hydrogen-bond donors (Lipinski definition) is 1. The molecule has 0 atom stereocenters. The molecule has 1 aliphatic rings. The highest BCUT2D eigenvalue weighted by atomic mass is 16.5. The van der Waals surface area contributed by atoms with E-state index >= 15 is 0 Å². The zero-order valence-electron chi connectivity index (χ0n) is 11.8. The molecule has 1 heterocycles. The third-order valence-corrected chi connectivity index (χ3v) is 3.38. The van der Waals surface area contributed by atoms with Crippen molar-refractivity contribution in [2.45, 2.75) is 19.3 Å². The third kappa shape index (κ3) is 4.02. The summed E-state index contributed by atoms with van der Waals surface area (Å²) in [6.07, 6.45) is 5.17. The second kappa shape index (κ2) is 7.58. The molecule has 0 bridgehead atoms. The van der Waals surface area contributed by atoms with Crippen LogP contribution in [0.1, 0.15) is 19.3 Å². The molecule has 1 aliphatic heterocycles. The molecule has 1 saturated heterocycles. The van der Waals surface area contributed by atoms with E-state index in [-0.39, 0.29) is 5.91 Å². The quantitative estimate of drug-likeness (QED) is 0.811. The number of likely N-dealkylation sites (tertiary alicyclic amines) is 1. The minimum absolute atomic E-state index is 0.156. The van der Waals surface area contributed by atoms with E-state index in [2.05, 4.69) is 11.9 Å². The van der Waals surface area contributed by atoms with Crippen LogP contribution in [-0.2, 0) is 4.79 Å². The van der Waals surface area contributed by atoms with Gasteiger partial charge in [0.05, 0.1) is 12.2 Å². The molecule has 20 heavy (non-hydrogen) atoms. The molecule has 2 rings (SSSR count). The van der Waals surface area contributed by atoms with Gasteiger partial charge in [-0.3, -0.25) is 4.79 Å². The normalized spacial score (nSPS) is 14.7. The van der Waals surface area contributed by atoms with Crippen LogP contribution < -0.4 is 10.1 Å². The van der Waals surface area contributed by atoms with Gasteiger partial charge >= 0.3 is 0 Å². The summed E-state index contributed by atoms with van der Waals surface area (Å²) < 4.78 is 5.56. The van der Waals surface area contributed by atoms with Crippen LogP contribution >= 0.6 is 0 Å². The molecule has 1 aromatic rings. The molecule has 0 unspecified atom stereocenters. The molecular formula is C16H22N2O2. The van der Waals surface area contributed by atoms with Crippen molar-refractivity contribution in [2.75, 3.05) is 31.6 Å². The summed E-state index contributed by atoms with van der Waals surface area (Å²) in [7, 11) is 0. The summed E-state index contributed by atoms with van der Waals surface area (Å²) in [5.74, 6) is 0.905. The number of ether oxygens (including phenoxy) is 1. The molecule has 4 nitrogen and oxygen atoms in total. The van der Waals surface area contributed by atoms with Gasteiger partial charge < -0.3 is 15.0 Å². The smallest absolute Gasteiger partial charge is 0.241 e. The summed E-state index contributed by atoms with van der Waals surface area (Å²) in [6.45, 7) is 6.17. The fourth-order valence-corrected chi connectivity index (χ4v) is 2.31. The van der Waals surface area contributed by atoms with Gasteiger partial charge in [-0.2, -0.15) is 0 Å². The van der Waals surface area contributed by atoms with Crippen LogP contribution in [0.3, 0.4) is 0 Å². The summed E-state index contributed by atoms with van der Waals surface area (Å²) in [4.78, 5) is 14.0. The molecule has 4 heteroatoms. The Balaban J connectivity index is 1.89. The predicted octanol–water partition coefficient (Wildman–Crippen LogP) is 2.68. The first-order valence-corrected chi connectivity index (χ1v) is 7.15. The molecule has 0 saturated carbocycles. The zero-order chi connectivity index (χ0) is 14.2. The van der Waals surface area contributed by atoms with E-state index in [4.69, 9.17) is 4.74 Å². The van der Waals surface area contributed by atoms with Gasteiger partial charge in [0.1, 0.15) is 12.4 Å². The Kier molecular flexibility index (Phi) is 5.47. The molecule has 1 aromatic carbocycles. The van der Waals surface area contributed by atoms with Gasteiger partial charge in [-0.1, -0.05) is 24.8 Å². The average Bonchev–Trinajstić information content (AvgIpc) is 2.52. The molecule has 0 radical (unpaired) electrons. The Morgan fingerprint density at radius 3 is 2.80 bits per heavy atom. The largest absolute Gasteiger partial charge is 0.487 e. The van der Waals surface area contributed by atoms with Crippen molar-refractivity contribution in [1.82, 2.24) is 4.90 Å². The molecule has 0 aliphatic carbocycles. The number of nitrogens with zero attached hydrogens (tertiary/aromatic N) is 1. The number of benzene rings is 1. The van der Waals surface area contributed by atoms with Crippen LogP contribution in [0.2, 0.25) is 0 Å². The highest BCUT2D eigenvalue weighted by Crippen LogP contribution is 2.23. The zero-order valence-corrected chi connectivity index (χ0v) is 11.8. The third-order valence-electron chi connectivity index (χ3n) is 3.38. The number of amides is 1. The van der Waals surface area contributed by atoms with Crippen LogP contribution in [0.25, 0.3) is 0 Å². The van der Waals surface area contributed by atoms with Crippen LogP contribution in [-0.4, -0.2) is 37.0 Å². The first-order chi connectivity index (χ1) is 9.81. The van der Waals surface area contributed by atoms with Crippen LogP contribution in [0.5, 0.6) is 5.75 Å². The Bertz CT molecular complexity index is 454. The predicted molar refractivity (Wildman–Crippen MR) is 81.1 cm³/mol. The molecule has 0 spiro atoms. The maximum absolute atomic E-state index is 12.1. The highest BCUT2D eigenvalue weighted by molar-refractivity contribution is 5.81. The van der Waals surface area contributed by atoms with Crippen molar-refractivity contribution in [1.29, 1.82) is 0 Å². The van der Waals surface area contributed by atoms with Gasteiger partial charge in [0, 0.05) is 13.1 Å². The molecule has 1 fully saturated rings. The summed E-state index contributed by atoms with van der Waals surface area (Å²) in [5, 5.41) is 3.17. The van der Waals surface area contributed by atoms with Gasteiger partial charge in [0.25, 0.3) is 0 Å². The van der Waals surface area contributed by atoms with Gasteiger partial charge in [0.15, 0.2) is 0 Å². The number of para-hydroxylation sites is 2. The van der Waals surface area contributed by atoms with E-state index in [1.165, 1.54) is 6.42 Å². The van der Waals surface area contributed by atoms with Crippen molar-refractivity contribution in [3.05, 3.63) is 36.9 Å². The molecule has 1 amide bonds. The van der Waals surface area contributed by atoms with Crippen LogP contribution in [0.15, 0.2) is 36.9 Å². The van der Waals surface area contributed by atoms with E-state index in [9.17, 15) is 4.79 Å². The second-order valence-corrected chi connectivity index (χ2v) is 4.89. The topological polar surface area (TPSA) is 41.6 Å². The fourth-order valence-electron chi connectivity index (χ4n) is 2.31. The summed E-state index contributed by atoms with van der Waals surface area (Å²) in [6, 6.07) is 7.64. The van der Waals surface area contributed by atoms with Gasteiger partial charge in [-0.25, -0.2) is 0 Å². The lowest BCUT2D eigenvalue weighted by molar-refractivity contribution is -0.130. The number of hydrogen-bond acceptors (Lipinski definition) is 3. The number of carbonyl (C=O) groups excluding carboxylic acids is 1. The van der Waals surface area contributed by atoms with E-state index in [1.54, 1.807) is 6.08 Å². The second-order valence-electron chi connectivity index (χ2n) is 4.89. The minimum atomic E-state index is 0.156. The lowest BCUT2D eigenvalue weighted by Crippen LogP contribution is -2.39. The Hall–Kier alpha value is -1.97. The van der Waals surface area contributed by atoms with Crippen molar-refractivity contribution in [3.8, 4) is 5.75 Å². The maximum atomic E-state index is 12.1.